The SMILES string of the molecule is O=c1ccc2c(O)cc3c(c2o1)C[C@@H](O)[C@@H](c1ccc(O)c(O)c1)O3. The Hall–Kier alpha value is -3.19. The standard InChI is InChI=1S/C18H14O7/c19-11-3-1-8(5-13(11)21)17-14(22)6-10-15(24-17)7-12(20)9-2-4-16(23)25-18(9)10/h1-5,7,14,17,19-22H,6H2/t14-,17-/m1/s1. The predicted molar refractivity (Wildman–Crippen MR) is 87.0 cm³/mol. The maximum absolute atomic E-state index is 11.5. The van der Waals surface area contributed by atoms with Gasteiger partial charge in [0.2, 0.25) is 0 Å². The molecule has 0 spiro atoms. The highest BCUT2D eigenvalue weighted by Gasteiger charge is 2.33. The van der Waals surface area contributed by atoms with Crippen molar-refractivity contribution in [3.05, 3.63) is 57.9 Å². The van der Waals surface area contributed by atoms with Crippen LogP contribution < -0.4 is 10.4 Å². The van der Waals surface area contributed by atoms with Crippen LogP contribution in [0.2, 0.25) is 0 Å². The molecule has 0 amide bonds. The summed E-state index contributed by atoms with van der Waals surface area (Å²) < 4.78 is 11.0. The molecular formula is C18H14O7. The van der Waals surface area contributed by atoms with Gasteiger partial charge in [-0.1, -0.05) is 6.07 Å². The van der Waals surface area contributed by atoms with E-state index >= 15 is 0 Å². The van der Waals surface area contributed by atoms with Gasteiger partial charge in [0.15, 0.2) is 11.5 Å². The first kappa shape index (κ1) is 15.3. The van der Waals surface area contributed by atoms with Gasteiger partial charge in [0.1, 0.15) is 23.2 Å². The van der Waals surface area contributed by atoms with Crippen LogP contribution in [-0.2, 0) is 6.42 Å². The molecule has 2 aromatic carbocycles. The molecule has 0 fully saturated rings. The number of phenolic OH excluding ortho intramolecular Hbond substituents is 3. The first-order valence-electron chi connectivity index (χ1n) is 7.59. The third kappa shape index (κ3) is 2.45. The second-order valence-corrected chi connectivity index (χ2v) is 5.93. The lowest BCUT2D eigenvalue weighted by molar-refractivity contribution is 0.0207. The first-order chi connectivity index (χ1) is 11.9. The Morgan fingerprint density at radius 1 is 0.960 bits per heavy atom. The molecule has 25 heavy (non-hydrogen) atoms. The number of hydrogen-bond donors (Lipinski definition) is 4. The van der Waals surface area contributed by atoms with Crippen molar-refractivity contribution in [1.29, 1.82) is 0 Å². The molecule has 128 valence electrons. The molecule has 7 nitrogen and oxygen atoms in total. The van der Waals surface area contributed by atoms with Gasteiger partial charge in [-0.15, -0.1) is 0 Å². The van der Waals surface area contributed by atoms with Crippen molar-refractivity contribution in [2.75, 3.05) is 0 Å². The Kier molecular flexibility index (Phi) is 3.33. The van der Waals surface area contributed by atoms with Crippen molar-refractivity contribution >= 4 is 11.0 Å². The van der Waals surface area contributed by atoms with Gasteiger partial charge in [0.25, 0.3) is 0 Å². The highest BCUT2D eigenvalue weighted by Crippen LogP contribution is 2.43. The lowest BCUT2D eigenvalue weighted by Crippen LogP contribution is -2.30. The van der Waals surface area contributed by atoms with E-state index in [1.807, 2.05) is 0 Å². The summed E-state index contributed by atoms with van der Waals surface area (Å²) in [4.78, 5) is 11.5. The number of phenols is 3. The number of benzene rings is 2. The van der Waals surface area contributed by atoms with Gasteiger partial charge in [-0.2, -0.15) is 0 Å². The number of aromatic hydroxyl groups is 3. The van der Waals surface area contributed by atoms with Crippen molar-refractivity contribution < 1.29 is 29.6 Å². The van der Waals surface area contributed by atoms with E-state index in [-0.39, 0.29) is 35.0 Å². The van der Waals surface area contributed by atoms with Gasteiger partial charge in [0, 0.05) is 24.1 Å². The second-order valence-electron chi connectivity index (χ2n) is 5.93. The Bertz CT molecular complexity index is 1040. The lowest BCUT2D eigenvalue weighted by atomic mass is 9.93. The maximum Gasteiger partial charge on any atom is 0.336 e. The molecule has 3 aromatic rings. The molecule has 0 saturated carbocycles. The third-order valence-electron chi connectivity index (χ3n) is 4.29. The highest BCUT2D eigenvalue weighted by molar-refractivity contribution is 5.88. The van der Waals surface area contributed by atoms with E-state index < -0.39 is 17.8 Å². The Labute approximate surface area is 141 Å². The molecule has 0 aliphatic carbocycles. The summed E-state index contributed by atoms with van der Waals surface area (Å²) in [5.41, 5.74) is 0.550. The van der Waals surface area contributed by atoms with Crippen LogP contribution in [0.5, 0.6) is 23.0 Å². The molecule has 4 rings (SSSR count). The summed E-state index contributed by atoms with van der Waals surface area (Å²) in [6.45, 7) is 0. The summed E-state index contributed by atoms with van der Waals surface area (Å²) in [5.74, 6) is -0.435. The Morgan fingerprint density at radius 3 is 2.52 bits per heavy atom. The molecule has 4 N–H and O–H groups in total. The van der Waals surface area contributed by atoms with Gasteiger partial charge in [-0.25, -0.2) is 4.79 Å². The number of ether oxygens (including phenoxy) is 1. The zero-order chi connectivity index (χ0) is 17.7. The molecule has 2 heterocycles. The minimum Gasteiger partial charge on any atom is -0.507 e. The van der Waals surface area contributed by atoms with E-state index in [0.717, 1.165) is 0 Å². The third-order valence-corrected chi connectivity index (χ3v) is 4.29. The Morgan fingerprint density at radius 2 is 1.76 bits per heavy atom. The summed E-state index contributed by atoms with van der Waals surface area (Å²) in [6, 6.07) is 8.18. The quantitative estimate of drug-likeness (QED) is 0.394. The van der Waals surface area contributed by atoms with E-state index in [0.29, 0.717) is 16.5 Å². The molecule has 2 atom stereocenters. The molecule has 1 aromatic heterocycles. The molecule has 0 unspecified atom stereocenters. The van der Waals surface area contributed by atoms with Crippen LogP contribution in [0.3, 0.4) is 0 Å². The summed E-state index contributed by atoms with van der Waals surface area (Å²) in [6.07, 6.45) is -1.66. The second kappa shape index (κ2) is 5.42. The molecular weight excluding hydrogens is 328 g/mol. The molecule has 0 saturated heterocycles. The van der Waals surface area contributed by atoms with Crippen LogP contribution in [0, 0.1) is 0 Å². The zero-order valence-electron chi connectivity index (χ0n) is 12.8. The van der Waals surface area contributed by atoms with Gasteiger partial charge < -0.3 is 29.6 Å². The molecule has 0 bridgehead atoms. The average Bonchev–Trinajstić information content (AvgIpc) is 2.58. The average molecular weight is 342 g/mol. The fourth-order valence-electron chi connectivity index (χ4n) is 3.08. The number of aliphatic hydroxyl groups is 1. The summed E-state index contributed by atoms with van der Waals surface area (Å²) >= 11 is 0. The zero-order valence-corrected chi connectivity index (χ0v) is 12.8. The van der Waals surface area contributed by atoms with Gasteiger partial charge >= 0.3 is 5.63 Å². The van der Waals surface area contributed by atoms with Crippen molar-refractivity contribution in [3.8, 4) is 23.0 Å². The minimum atomic E-state index is -0.977. The lowest BCUT2D eigenvalue weighted by Gasteiger charge is -2.31. The summed E-state index contributed by atoms with van der Waals surface area (Å²) in [5, 5.41) is 40.0. The van der Waals surface area contributed by atoms with Crippen LogP contribution in [-0.4, -0.2) is 26.5 Å². The van der Waals surface area contributed by atoms with E-state index in [9.17, 15) is 25.2 Å². The van der Waals surface area contributed by atoms with E-state index in [2.05, 4.69) is 0 Å². The van der Waals surface area contributed by atoms with Crippen LogP contribution in [0.25, 0.3) is 11.0 Å². The minimum absolute atomic E-state index is 0.110. The van der Waals surface area contributed by atoms with Gasteiger partial charge in [0.05, 0.1) is 11.5 Å². The van der Waals surface area contributed by atoms with Crippen LogP contribution in [0.4, 0.5) is 0 Å². The molecule has 7 heteroatoms. The van der Waals surface area contributed by atoms with E-state index in [4.69, 9.17) is 9.15 Å². The van der Waals surface area contributed by atoms with E-state index in [1.165, 1.54) is 36.4 Å². The van der Waals surface area contributed by atoms with Crippen molar-refractivity contribution in [2.24, 2.45) is 0 Å². The topological polar surface area (TPSA) is 120 Å². The van der Waals surface area contributed by atoms with Gasteiger partial charge in [-0.3, -0.25) is 0 Å². The fourth-order valence-corrected chi connectivity index (χ4v) is 3.08. The molecule has 1 aliphatic rings. The van der Waals surface area contributed by atoms with E-state index in [1.54, 1.807) is 0 Å². The van der Waals surface area contributed by atoms with Crippen molar-refractivity contribution in [2.45, 2.75) is 18.6 Å². The maximum atomic E-state index is 11.5. The van der Waals surface area contributed by atoms with Crippen molar-refractivity contribution in [3.63, 3.8) is 0 Å². The monoisotopic (exact) mass is 342 g/mol. The largest absolute Gasteiger partial charge is 0.507 e. The first-order valence-corrected chi connectivity index (χ1v) is 7.59. The predicted octanol–water partition coefficient (Wildman–Crippen LogP) is 1.95. The number of hydrogen-bond acceptors (Lipinski definition) is 7. The smallest absolute Gasteiger partial charge is 0.336 e. The molecule has 1 aliphatic heterocycles. The number of rotatable bonds is 1. The van der Waals surface area contributed by atoms with Crippen LogP contribution in [0.1, 0.15) is 17.2 Å². The Balaban J connectivity index is 1.84. The number of fused-ring (bicyclic) bond motifs is 3. The van der Waals surface area contributed by atoms with Crippen molar-refractivity contribution in [1.82, 2.24) is 0 Å². The molecule has 0 radical (unpaired) electrons. The normalized spacial score (nSPS) is 19.4. The van der Waals surface area contributed by atoms with Gasteiger partial charge in [-0.05, 0) is 23.8 Å². The number of aliphatic hydroxyl groups excluding tert-OH is 1. The van der Waals surface area contributed by atoms with Crippen LogP contribution >= 0.6 is 0 Å². The van der Waals surface area contributed by atoms with Crippen LogP contribution in [0.15, 0.2) is 45.6 Å². The summed E-state index contributed by atoms with van der Waals surface area (Å²) in [7, 11) is 0. The fraction of sp³-hybridized carbons (Fsp3) is 0.167. The highest BCUT2D eigenvalue weighted by atomic mass is 16.5.